The molecule has 1 saturated carbocycles. The van der Waals surface area contributed by atoms with E-state index < -0.39 is 0 Å². The third kappa shape index (κ3) is 3.78. The molecule has 1 aliphatic rings. The second-order valence-electron chi connectivity index (χ2n) is 5.20. The summed E-state index contributed by atoms with van der Waals surface area (Å²) in [6.07, 6.45) is 4.85. The van der Waals surface area contributed by atoms with Gasteiger partial charge in [-0.15, -0.1) is 24.8 Å². The minimum atomic E-state index is 0. The number of halogens is 2. The van der Waals surface area contributed by atoms with Crippen molar-refractivity contribution in [2.45, 2.75) is 31.7 Å². The van der Waals surface area contributed by atoms with Crippen molar-refractivity contribution < 1.29 is 0 Å². The third-order valence-corrected chi connectivity index (χ3v) is 3.91. The van der Waals surface area contributed by atoms with E-state index in [1.54, 1.807) is 0 Å². The average molecular weight is 317 g/mol. The lowest BCUT2D eigenvalue weighted by Crippen LogP contribution is -2.29. The summed E-state index contributed by atoms with van der Waals surface area (Å²) in [5, 5.41) is 3.51. The molecular formula is C14H22Cl2N4. The van der Waals surface area contributed by atoms with Gasteiger partial charge in [-0.05, 0) is 50.3 Å². The Bertz CT molecular complexity index is 488. The molecule has 3 rings (SSSR count). The standard InChI is InChI=1S/C14H20N4.2ClH/c15-9-10-5-7-11(8-6-10)16-14-17-12-3-1-2-4-13(12)18-14;;/h1-4,10-11H,5-9,15H2,(H2,16,17,18);2*1H. The summed E-state index contributed by atoms with van der Waals surface area (Å²) in [6, 6.07) is 8.66. The van der Waals surface area contributed by atoms with E-state index in [1.807, 2.05) is 18.2 Å². The zero-order valence-electron chi connectivity index (χ0n) is 11.3. The summed E-state index contributed by atoms with van der Waals surface area (Å²) < 4.78 is 0. The molecule has 1 heterocycles. The number of imidazole rings is 1. The molecule has 1 aliphatic carbocycles. The fourth-order valence-electron chi connectivity index (χ4n) is 2.76. The van der Waals surface area contributed by atoms with Crippen LogP contribution in [0, 0.1) is 5.92 Å². The Morgan fingerprint density at radius 3 is 2.50 bits per heavy atom. The maximum Gasteiger partial charge on any atom is 0.201 e. The number of nitrogens with zero attached hydrogens (tertiary/aromatic N) is 1. The van der Waals surface area contributed by atoms with Gasteiger partial charge in [0.1, 0.15) is 0 Å². The van der Waals surface area contributed by atoms with Gasteiger partial charge in [-0.1, -0.05) is 12.1 Å². The Labute approximate surface area is 131 Å². The van der Waals surface area contributed by atoms with Gasteiger partial charge in [-0.25, -0.2) is 4.98 Å². The minimum absolute atomic E-state index is 0. The van der Waals surface area contributed by atoms with Gasteiger partial charge in [0, 0.05) is 6.04 Å². The largest absolute Gasteiger partial charge is 0.353 e. The Hall–Kier alpha value is -0.970. The molecule has 1 aromatic carbocycles. The number of nitrogens with two attached hydrogens (primary N) is 1. The van der Waals surface area contributed by atoms with Crippen molar-refractivity contribution in [1.29, 1.82) is 0 Å². The number of nitrogens with one attached hydrogen (secondary N) is 2. The van der Waals surface area contributed by atoms with Gasteiger partial charge in [0.05, 0.1) is 11.0 Å². The molecule has 0 saturated heterocycles. The van der Waals surface area contributed by atoms with Gasteiger partial charge in [-0.2, -0.15) is 0 Å². The molecule has 0 unspecified atom stereocenters. The van der Waals surface area contributed by atoms with Crippen LogP contribution in [0.1, 0.15) is 25.7 Å². The molecule has 1 fully saturated rings. The Balaban J connectivity index is 0.000001000. The highest BCUT2D eigenvalue weighted by atomic mass is 35.5. The van der Waals surface area contributed by atoms with E-state index in [4.69, 9.17) is 5.73 Å². The predicted molar refractivity (Wildman–Crippen MR) is 89.0 cm³/mol. The number of aromatic amines is 1. The summed E-state index contributed by atoms with van der Waals surface area (Å²) in [7, 11) is 0. The minimum Gasteiger partial charge on any atom is -0.353 e. The quantitative estimate of drug-likeness (QED) is 0.813. The topological polar surface area (TPSA) is 66.7 Å². The van der Waals surface area contributed by atoms with Gasteiger partial charge in [0.15, 0.2) is 0 Å². The van der Waals surface area contributed by atoms with Gasteiger partial charge in [-0.3, -0.25) is 0 Å². The maximum atomic E-state index is 5.71. The SMILES string of the molecule is Cl.Cl.NCC1CCC(Nc2nc3ccccc3[nH]2)CC1. The van der Waals surface area contributed by atoms with Crippen LogP contribution in [0.4, 0.5) is 5.95 Å². The molecule has 4 N–H and O–H groups in total. The van der Waals surface area contributed by atoms with E-state index in [0.717, 1.165) is 29.4 Å². The number of fused-ring (bicyclic) bond motifs is 1. The number of anilines is 1. The van der Waals surface area contributed by atoms with Crippen LogP contribution in [0.2, 0.25) is 0 Å². The van der Waals surface area contributed by atoms with Crippen LogP contribution in [0.15, 0.2) is 24.3 Å². The molecule has 6 heteroatoms. The van der Waals surface area contributed by atoms with Crippen LogP contribution in [0.5, 0.6) is 0 Å². The van der Waals surface area contributed by atoms with Crippen molar-refractivity contribution in [3.8, 4) is 0 Å². The van der Waals surface area contributed by atoms with Crippen LogP contribution in [-0.4, -0.2) is 22.6 Å². The second kappa shape index (κ2) is 7.72. The first-order valence-electron chi connectivity index (χ1n) is 6.76. The molecule has 0 spiro atoms. The van der Waals surface area contributed by atoms with Crippen LogP contribution in [-0.2, 0) is 0 Å². The lowest BCUT2D eigenvalue weighted by Gasteiger charge is -2.28. The van der Waals surface area contributed by atoms with Crippen molar-refractivity contribution in [3.05, 3.63) is 24.3 Å². The molecule has 0 atom stereocenters. The maximum absolute atomic E-state index is 5.71. The summed E-state index contributed by atoms with van der Waals surface area (Å²) in [4.78, 5) is 7.88. The summed E-state index contributed by atoms with van der Waals surface area (Å²) in [5.41, 5.74) is 7.83. The zero-order chi connectivity index (χ0) is 12.4. The van der Waals surface area contributed by atoms with Crippen LogP contribution >= 0.6 is 24.8 Å². The van der Waals surface area contributed by atoms with E-state index in [-0.39, 0.29) is 24.8 Å². The van der Waals surface area contributed by atoms with E-state index in [1.165, 1.54) is 25.7 Å². The number of hydrogen-bond acceptors (Lipinski definition) is 3. The lowest BCUT2D eigenvalue weighted by atomic mass is 9.86. The molecule has 2 aromatic rings. The van der Waals surface area contributed by atoms with Gasteiger partial charge in [0.2, 0.25) is 5.95 Å². The fourth-order valence-corrected chi connectivity index (χ4v) is 2.76. The summed E-state index contributed by atoms with van der Waals surface area (Å²) >= 11 is 0. The van der Waals surface area contributed by atoms with Gasteiger partial charge < -0.3 is 16.0 Å². The van der Waals surface area contributed by atoms with Crippen LogP contribution in [0.25, 0.3) is 11.0 Å². The normalized spacial score (nSPS) is 21.9. The Morgan fingerprint density at radius 1 is 1.15 bits per heavy atom. The Kier molecular flexibility index (Phi) is 6.59. The number of rotatable bonds is 3. The van der Waals surface area contributed by atoms with Crippen molar-refractivity contribution >= 4 is 41.8 Å². The number of benzene rings is 1. The van der Waals surface area contributed by atoms with E-state index in [0.29, 0.717) is 6.04 Å². The van der Waals surface area contributed by atoms with Crippen molar-refractivity contribution in [2.24, 2.45) is 11.7 Å². The number of aromatic nitrogens is 2. The first kappa shape index (κ1) is 17.1. The monoisotopic (exact) mass is 316 g/mol. The molecule has 4 nitrogen and oxygen atoms in total. The van der Waals surface area contributed by atoms with Gasteiger partial charge in [0.25, 0.3) is 0 Å². The van der Waals surface area contributed by atoms with E-state index in [9.17, 15) is 0 Å². The van der Waals surface area contributed by atoms with Gasteiger partial charge >= 0.3 is 0 Å². The number of hydrogen-bond donors (Lipinski definition) is 3. The molecule has 0 radical (unpaired) electrons. The zero-order valence-corrected chi connectivity index (χ0v) is 13.0. The van der Waals surface area contributed by atoms with E-state index in [2.05, 4.69) is 21.4 Å². The highest BCUT2D eigenvalue weighted by Gasteiger charge is 2.20. The van der Waals surface area contributed by atoms with E-state index >= 15 is 0 Å². The highest BCUT2D eigenvalue weighted by Crippen LogP contribution is 2.25. The highest BCUT2D eigenvalue weighted by molar-refractivity contribution is 5.85. The van der Waals surface area contributed by atoms with Crippen molar-refractivity contribution in [2.75, 3.05) is 11.9 Å². The summed E-state index contributed by atoms with van der Waals surface area (Å²) in [6.45, 7) is 0.831. The first-order valence-corrected chi connectivity index (χ1v) is 6.76. The molecule has 0 bridgehead atoms. The molecular weight excluding hydrogens is 295 g/mol. The summed E-state index contributed by atoms with van der Waals surface area (Å²) in [5.74, 6) is 1.62. The van der Waals surface area contributed by atoms with Crippen molar-refractivity contribution in [1.82, 2.24) is 9.97 Å². The molecule has 0 aliphatic heterocycles. The number of H-pyrrole nitrogens is 1. The lowest BCUT2D eigenvalue weighted by molar-refractivity contribution is 0.344. The predicted octanol–water partition coefficient (Wildman–Crippen LogP) is 3.34. The Morgan fingerprint density at radius 2 is 1.85 bits per heavy atom. The number of para-hydroxylation sites is 2. The fraction of sp³-hybridized carbons (Fsp3) is 0.500. The van der Waals surface area contributed by atoms with Crippen LogP contribution in [0.3, 0.4) is 0 Å². The average Bonchev–Trinajstić information content (AvgIpc) is 2.82. The molecule has 0 amide bonds. The van der Waals surface area contributed by atoms with Crippen molar-refractivity contribution in [3.63, 3.8) is 0 Å². The molecule has 112 valence electrons. The third-order valence-electron chi connectivity index (χ3n) is 3.91. The second-order valence-corrected chi connectivity index (χ2v) is 5.20. The smallest absolute Gasteiger partial charge is 0.201 e. The first-order chi connectivity index (χ1) is 8.85. The molecule has 1 aromatic heterocycles. The molecule has 20 heavy (non-hydrogen) atoms. The van der Waals surface area contributed by atoms with Crippen LogP contribution < -0.4 is 11.1 Å².